The quantitative estimate of drug-likeness (QED) is 0.724. The lowest BCUT2D eigenvalue weighted by atomic mass is 10.2. The average Bonchev–Trinajstić information content (AvgIpc) is 2.95. The number of fused-ring (bicyclic) bond motifs is 1. The molecule has 0 N–H and O–H groups in total. The second-order valence-corrected chi connectivity index (χ2v) is 5.06. The minimum Gasteiger partial charge on any atom is -0.448 e. The second-order valence-electron chi connectivity index (χ2n) is 4.28. The molecule has 0 aliphatic heterocycles. The van der Waals surface area contributed by atoms with Crippen molar-refractivity contribution in [1.29, 1.82) is 5.26 Å². The number of pyridine rings is 1. The van der Waals surface area contributed by atoms with Crippen LogP contribution in [0.4, 0.5) is 0 Å². The fraction of sp³-hybridized carbons (Fsp3) is 0.143. The maximum atomic E-state index is 9.01. The Labute approximate surface area is 118 Å². The topological polar surface area (TPSA) is 54.2 Å². The summed E-state index contributed by atoms with van der Waals surface area (Å²) in [7, 11) is 0. The molecule has 0 radical (unpaired) electrons. The van der Waals surface area contributed by atoms with Crippen molar-refractivity contribution in [3.05, 3.63) is 46.4 Å². The van der Waals surface area contributed by atoms with Gasteiger partial charge in [-0.3, -0.25) is 0 Å². The maximum absolute atomic E-state index is 9.01. The van der Waals surface area contributed by atoms with Crippen molar-refractivity contribution in [3.8, 4) is 17.5 Å². The fourth-order valence-electron chi connectivity index (χ4n) is 2.08. The number of rotatable bonds is 2. The van der Waals surface area contributed by atoms with Gasteiger partial charge in [-0.05, 0) is 46.6 Å². The van der Waals surface area contributed by atoms with E-state index in [1.807, 2.05) is 41.8 Å². The molecule has 94 valence electrons. The average molecular weight is 316 g/mol. The second kappa shape index (κ2) is 4.56. The molecular weight excluding hydrogens is 306 g/mol. The van der Waals surface area contributed by atoms with Gasteiger partial charge >= 0.3 is 0 Å². The highest BCUT2D eigenvalue weighted by Gasteiger charge is 2.16. The SMILES string of the molecule is Cc1ccc2nc(-c3ccc(Br)o3)c(CC#N)n2c1. The predicted molar refractivity (Wildman–Crippen MR) is 74.6 cm³/mol. The zero-order valence-electron chi connectivity index (χ0n) is 10.2. The van der Waals surface area contributed by atoms with Gasteiger partial charge in [0.25, 0.3) is 0 Å². The van der Waals surface area contributed by atoms with Gasteiger partial charge in [0.1, 0.15) is 11.3 Å². The third-order valence-corrected chi connectivity index (χ3v) is 3.34. The lowest BCUT2D eigenvalue weighted by molar-refractivity contribution is 0.553. The molecule has 0 bridgehead atoms. The summed E-state index contributed by atoms with van der Waals surface area (Å²) in [5.74, 6) is 0.665. The summed E-state index contributed by atoms with van der Waals surface area (Å²) < 4.78 is 8.15. The molecule has 0 saturated heterocycles. The molecule has 0 saturated carbocycles. The summed E-state index contributed by atoms with van der Waals surface area (Å²) in [6.07, 6.45) is 2.27. The molecule has 19 heavy (non-hydrogen) atoms. The molecule has 3 aromatic rings. The van der Waals surface area contributed by atoms with E-state index in [0.29, 0.717) is 10.4 Å². The van der Waals surface area contributed by atoms with Gasteiger partial charge in [0, 0.05) is 6.20 Å². The first-order chi connectivity index (χ1) is 9.19. The maximum Gasteiger partial charge on any atom is 0.169 e. The standard InChI is InChI=1S/C14H10BrN3O/c1-9-2-5-13-17-14(11-3-4-12(15)19-11)10(6-7-16)18(13)8-9/h2-5,8H,6H2,1H3. The largest absolute Gasteiger partial charge is 0.448 e. The molecule has 5 heteroatoms. The Morgan fingerprint density at radius 3 is 2.89 bits per heavy atom. The smallest absolute Gasteiger partial charge is 0.169 e. The molecule has 0 aromatic carbocycles. The first-order valence-corrected chi connectivity index (χ1v) is 6.58. The van der Waals surface area contributed by atoms with Crippen LogP contribution in [-0.4, -0.2) is 9.38 Å². The minimum absolute atomic E-state index is 0.290. The summed E-state index contributed by atoms with van der Waals surface area (Å²) in [4.78, 5) is 4.55. The van der Waals surface area contributed by atoms with Gasteiger partial charge in [-0.2, -0.15) is 5.26 Å². The van der Waals surface area contributed by atoms with E-state index in [1.165, 1.54) is 0 Å². The molecule has 0 fully saturated rings. The van der Waals surface area contributed by atoms with E-state index in [2.05, 4.69) is 27.0 Å². The lowest BCUT2D eigenvalue weighted by Crippen LogP contribution is -1.93. The van der Waals surface area contributed by atoms with Crippen LogP contribution in [0.2, 0.25) is 0 Å². The number of nitriles is 1. The van der Waals surface area contributed by atoms with Crippen molar-refractivity contribution in [2.75, 3.05) is 0 Å². The van der Waals surface area contributed by atoms with Crippen LogP contribution in [0.3, 0.4) is 0 Å². The third-order valence-electron chi connectivity index (χ3n) is 2.92. The molecule has 3 rings (SSSR count). The van der Waals surface area contributed by atoms with Gasteiger partial charge in [0.15, 0.2) is 10.4 Å². The van der Waals surface area contributed by atoms with Gasteiger partial charge in [-0.25, -0.2) is 4.98 Å². The number of furan rings is 1. The lowest BCUT2D eigenvalue weighted by Gasteiger charge is -2.00. The predicted octanol–water partition coefficient (Wildman–Crippen LogP) is 3.73. The van der Waals surface area contributed by atoms with E-state index in [4.69, 9.17) is 9.68 Å². The highest BCUT2D eigenvalue weighted by molar-refractivity contribution is 9.10. The van der Waals surface area contributed by atoms with Crippen LogP contribution in [0.25, 0.3) is 17.1 Å². The Morgan fingerprint density at radius 2 is 2.21 bits per heavy atom. The summed E-state index contributed by atoms with van der Waals surface area (Å²) in [6, 6.07) is 9.79. The van der Waals surface area contributed by atoms with Crippen LogP contribution < -0.4 is 0 Å². The van der Waals surface area contributed by atoms with Gasteiger partial charge in [-0.15, -0.1) is 0 Å². The number of aryl methyl sites for hydroxylation is 1. The fourth-order valence-corrected chi connectivity index (χ4v) is 2.39. The van der Waals surface area contributed by atoms with Crippen LogP contribution in [0.5, 0.6) is 0 Å². The number of halogens is 1. The minimum atomic E-state index is 0.290. The van der Waals surface area contributed by atoms with Crippen LogP contribution in [0.15, 0.2) is 39.5 Å². The Bertz CT molecular complexity index is 795. The number of hydrogen-bond acceptors (Lipinski definition) is 3. The summed E-state index contributed by atoms with van der Waals surface area (Å²) in [6.45, 7) is 2.01. The molecule has 0 atom stereocenters. The Balaban J connectivity index is 2.29. The van der Waals surface area contributed by atoms with Gasteiger partial charge < -0.3 is 8.82 Å². The number of aromatic nitrogens is 2. The summed E-state index contributed by atoms with van der Waals surface area (Å²) in [5, 5.41) is 9.01. The normalized spacial score (nSPS) is 10.8. The molecule has 0 amide bonds. The molecule has 0 aliphatic carbocycles. The Hall–Kier alpha value is -2.06. The summed E-state index contributed by atoms with van der Waals surface area (Å²) >= 11 is 3.28. The van der Waals surface area contributed by atoms with Gasteiger partial charge in [0.05, 0.1) is 18.2 Å². The molecular formula is C14H10BrN3O. The van der Waals surface area contributed by atoms with Crippen LogP contribution in [0.1, 0.15) is 11.3 Å². The van der Waals surface area contributed by atoms with Crippen LogP contribution in [0, 0.1) is 18.3 Å². The zero-order chi connectivity index (χ0) is 13.4. The van der Waals surface area contributed by atoms with E-state index < -0.39 is 0 Å². The third kappa shape index (κ3) is 2.04. The van der Waals surface area contributed by atoms with E-state index in [-0.39, 0.29) is 6.42 Å². The van der Waals surface area contributed by atoms with Crippen LogP contribution in [-0.2, 0) is 6.42 Å². The highest BCUT2D eigenvalue weighted by Crippen LogP contribution is 2.28. The monoisotopic (exact) mass is 315 g/mol. The van der Waals surface area contributed by atoms with Crippen molar-refractivity contribution < 1.29 is 4.42 Å². The Kier molecular flexibility index (Phi) is 2.88. The number of hydrogen-bond donors (Lipinski definition) is 0. The van der Waals surface area contributed by atoms with E-state index in [1.54, 1.807) is 0 Å². The first-order valence-electron chi connectivity index (χ1n) is 5.79. The van der Waals surface area contributed by atoms with Crippen molar-refractivity contribution in [1.82, 2.24) is 9.38 Å². The molecule has 4 nitrogen and oxygen atoms in total. The summed E-state index contributed by atoms with van der Waals surface area (Å²) in [5.41, 5.74) is 3.51. The van der Waals surface area contributed by atoms with Crippen molar-refractivity contribution in [3.63, 3.8) is 0 Å². The van der Waals surface area contributed by atoms with Crippen molar-refractivity contribution >= 4 is 21.6 Å². The molecule has 3 aromatic heterocycles. The van der Waals surface area contributed by atoms with Gasteiger partial charge in [-0.1, -0.05) is 6.07 Å². The molecule has 0 aliphatic rings. The van der Waals surface area contributed by atoms with Crippen LogP contribution >= 0.6 is 15.9 Å². The number of nitrogens with zero attached hydrogens (tertiary/aromatic N) is 3. The Morgan fingerprint density at radius 1 is 1.37 bits per heavy atom. The number of imidazole rings is 1. The molecule has 0 spiro atoms. The van der Waals surface area contributed by atoms with E-state index in [9.17, 15) is 0 Å². The van der Waals surface area contributed by atoms with Gasteiger partial charge in [0.2, 0.25) is 0 Å². The molecule has 3 heterocycles. The van der Waals surface area contributed by atoms with E-state index in [0.717, 1.165) is 22.6 Å². The van der Waals surface area contributed by atoms with Crippen molar-refractivity contribution in [2.24, 2.45) is 0 Å². The molecule has 0 unspecified atom stereocenters. The van der Waals surface area contributed by atoms with Crippen molar-refractivity contribution in [2.45, 2.75) is 13.3 Å². The highest BCUT2D eigenvalue weighted by atomic mass is 79.9. The zero-order valence-corrected chi connectivity index (χ0v) is 11.8. The first kappa shape index (κ1) is 12.0. The van der Waals surface area contributed by atoms with E-state index >= 15 is 0 Å².